The lowest BCUT2D eigenvalue weighted by atomic mass is 10.1. The maximum Gasteiger partial charge on any atom is 0.119 e. The molecule has 0 aliphatic rings. The monoisotopic (exact) mass is 289 g/mol. The van der Waals surface area contributed by atoms with Gasteiger partial charge >= 0.3 is 0 Å². The minimum atomic E-state index is 0.109. The molecule has 0 amide bonds. The van der Waals surface area contributed by atoms with E-state index in [1.54, 1.807) is 0 Å². The molecule has 0 radical (unpaired) electrons. The van der Waals surface area contributed by atoms with Gasteiger partial charge in [0, 0.05) is 24.6 Å². The van der Waals surface area contributed by atoms with Crippen LogP contribution in [0.25, 0.3) is 0 Å². The van der Waals surface area contributed by atoms with E-state index in [1.807, 2.05) is 24.3 Å². The molecule has 0 unspecified atom stereocenters. The third-order valence-corrected chi connectivity index (χ3v) is 3.60. The van der Waals surface area contributed by atoms with Gasteiger partial charge in [-0.15, -0.1) is 0 Å². The standard InChI is InChI=1S/C18H27NO2/c1-4-17(5-2)19(3)13-15-21-18-11-9-16(10-12-18)8-6-7-14-20/h9-12,17,20H,4-5,7,13-15H2,1-3H3. The summed E-state index contributed by atoms with van der Waals surface area (Å²) in [5.41, 5.74) is 0.949. The molecule has 3 heteroatoms. The van der Waals surface area contributed by atoms with Crippen LogP contribution in [-0.2, 0) is 0 Å². The summed E-state index contributed by atoms with van der Waals surface area (Å²) in [5, 5.41) is 8.68. The van der Waals surface area contributed by atoms with Gasteiger partial charge in [-0.05, 0) is 44.2 Å². The van der Waals surface area contributed by atoms with Crippen molar-refractivity contribution in [1.29, 1.82) is 0 Å². The molecular formula is C18H27NO2. The molecule has 21 heavy (non-hydrogen) atoms. The Labute approximate surface area is 128 Å². The van der Waals surface area contributed by atoms with E-state index in [1.165, 1.54) is 12.8 Å². The largest absolute Gasteiger partial charge is 0.492 e. The fraction of sp³-hybridized carbons (Fsp3) is 0.556. The summed E-state index contributed by atoms with van der Waals surface area (Å²) in [6, 6.07) is 8.42. The van der Waals surface area contributed by atoms with Crippen molar-refractivity contribution < 1.29 is 9.84 Å². The maximum atomic E-state index is 8.68. The zero-order valence-electron chi connectivity index (χ0n) is 13.4. The highest BCUT2D eigenvalue weighted by Crippen LogP contribution is 2.12. The molecule has 0 spiro atoms. The van der Waals surface area contributed by atoms with Gasteiger partial charge in [-0.25, -0.2) is 0 Å². The molecule has 1 aromatic carbocycles. The number of hydrogen-bond donors (Lipinski definition) is 1. The zero-order valence-corrected chi connectivity index (χ0v) is 13.4. The number of ether oxygens (including phenoxy) is 1. The normalized spacial score (nSPS) is 10.6. The summed E-state index contributed by atoms with van der Waals surface area (Å²) in [5.74, 6) is 6.79. The van der Waals surface area contributed by atoms with Crippen LogP contribution in [0.15, 0.2) is 24.3 Å². The molecule has 0 aliphatic heterocycles. The minimum Gasteiger partial charge on any atom is -0.492 e. The topological polar surface area (TPSA) is 32.7 Å². The number of aliphatic hydroxyl groups excluding tert-OH is 1. The Bertz CT molecular complexity index is 441. The number of benzene rings is 1. The second-order valence-corrected chi connectivity index (χ2v) is 5.10. The second kappa shape index (κ2) is 10.3. The van der Waals surface area contributed by atoms with Gasteiger partial charge in [0.2, 0.25) is 0 Å². The molecule has 0 bridgehead atoms. The number of likely N-dealkylation sites (N-methyl/N-ethyl adjacent to an activating group) is 1. The van der Waals surface area contributed by atoms with Crippen LogP contribution in [-0.4, -0.2) is 42.9 Å². The fourth-order valence-corrected chi connectivity index (χ4v) is 2.26. The van der Waals surface area contributed by atoms with Crippen LogP contribution < -0.4 is 4.74 Å². The second-order valence-electron chi connectivity index (χ2n) is 5.10. The Balaban J connectivity index is 2.38. The van der Waals surface area contributed by atoms with Crippen molar-refractivity contribution in [2.45, 2.75) is 39.2 Å². The summed E-state index contributed by atoms with van der Waals surface area (Å²) in [7, 11) is 2.15. The molecule has 0 heterocycles. The van der Waals surface area contributed by atoms with E-state index in [2.05, 4.69) is 37.6 Å². The summed E-state index contributed by atoms with van der Waals surface area (Å²) in [6.07, 6.45) is 2.86. The predicted molar refractivity (Wildman–Crippen MR) is 87.5 cm³/mol. The molecule has 1 aromatic rings. The number of rotatable bonds is 8. The first-order chi connectivity index (χ1) is 10.2. The van der Waals surface area contributed by atoms with Crippen LogP contribution in [0.5, 0.6) is 5.75 Å². The fourth-order valence-electron chi connectivity index (χ4n) is 2.26. The van der Waals surface area contributed by atoms with Crippen LogP contribution >= 0.6 is 0 Å². The van der Waals surface area contributed by atoms with Crippen molar-refractivity contribution in [2.75, 3.05) is 26.8 Å². The molecule has 0 aliphatic carbocycles. The Morgan fingerprint density at radius 3 is 2.43 bits per heavy atom. The first kappa shape index (κ1) is 17.6. The van der Waals surface area contributed by atoms with Gasteiger partial charge in [0.05, 0.1) is 6.61 Å². The summed E-state index contributed by atoms with van der Waals surface area (Å²) < 4.78 is 5.77. The SMILES string of the molecule is CCC(CC)N(C)CCOc1ccc(C#CCCO)cc1. The van der Waals surface area contributed by atoms with Crippen LogP contribution in [0, 0.1) is 11.8 Å². The molecular weight excluding hydrogens is 262 g/mol. The minimum absolute atomic E-state index is 0.109. The smallest absolute Gasteiger partial charge is 0.119 e. The van der Waals surface area contributed by atoms with Crippen molar-refractivity contribution in [3.8, 4) is 17.6 Å². The molecule has 0 atom stereocenters. The summed E-state index contributed by atoms with van der Waals surface area (Å²) in [6.45, 7) is 6.19. The average Bonchev–Trinajstić information content (AvgIpc) is 2.50. The third kappa shape index (κ3) is 6.66. The van der Waals surface area contributed by atoms with Crippen molar-refractivity contribution in [1.82, 2.24) is 4.90 Å². The lowest BCUT2D eigenvalue weighted by Crippen LogP contribution is -2.33. The maximum absolute atomic E-state index is 8.68. The molecule has 1 N–H and O–H groups in total. The zero-order chi connectivity index (χ0) is 15.5. The Kier molecular flexibility index (Phi) is 8.57. The van der Waals surface area contributed by atoms with Crippen molar-refractivity contribution in [3.63, 3.8) is 0 Å². The van der Waals surface area contributed by atoms with E-state index in [-0.39, 0.29) is 6.61 Å². The van der Waals surface area contributed by atoms with Gasteiger partial charge in [0.15, 0.2) is 0 Å². The van der Waals surface area contributed by atoms with Gasteiger partial charge in [0.1, 0.15) is 12.4 Å². The van der Waals surface area contributed by atoms with Crippen LogP contribution in [0.1, 0.15) is 38.7 Å². The lowest BCUT2D eigenvalue weighted by molar-refractivity contribution is 0.183. The quantitative estimate of drug-likeness (QED) is 0.747. The lowest BCUT2D eigenvalue weighted by Gasteiger charge is -2.25. The van der Waals surface area contributed by atoms with Crippen molar-refractivity contribution in [2.24, 2.45) is 0 Å². The molecule has 0 saturated heterocycles. The van der Waals surface area contributed by atoms with Gasteiger partial charge in [-0.1, -0.05) is 25.7 Å². The highest BCUT2D eigenvalue weighted by atomic mass is 16.5. The molecule has 1 rings (SSSR count). The van der Waals surface area contributed by atoms with Gasteiger partial charge in [-0.3, -0.25) is 0 Å². The highest BCUT2D eigenvalue weighted by molar-refractivity contribution is 5.38. The average molecular weight is 289 g/mol. The first-order valence-electron chi connectivity index (χ1n) is 7.74. The van der Waals surface area contributed by atoms with E-state index < -0.39 is 0 Å². The first-order valence-corrected chi connectivity index (χ1v) is 7.74. The highest BCUT2D eigenvalue weighted by Gasteiger charge is 2.09. The third-order valence-electron chi connectivity index (χ3n) is 3.60. The molecule has 3 nitrogen and oxygen atoms in total. The Morgan fingerprint density at radius 1 is 1.19 bits per heavy atom. The van der Waals surface area contributed by atoms with E-state index in [0.717, 1.165) is 17.9 Å². The molecule has 116 valence electrons. The summed E-state index contributed by atoms with van der Waals surface area (Å²) in [4.78, 5) is 2.36. The van der Waals surface area contributed by atoms with Crippen molar-refractivity contribution in [3.05, 3.63) is 29.8 Å². The summed E-state index contributed by atoms with van der Waals surface area (Å²) >= 11 is 0. The van der Waals surface area contributed by atoms with Crippen LogP contribution in [0.2, 0.25) is 0 Å². The van der Waals surface area contributed by atoms with E-state index in [9.17, 15) is 0 Å². The van der Waals surface area contributed by atoms with Crippen LogP contribution in [0.4, 0.5) is 0 Å². The number of hydrogen-bond acceptors (Lipinski definition) is 3. The van der Waals surface area contributed by atoms with Crippen LogP contribution in [0.3, 0.4) is 0 Å². The van der Waals surface area contributed by atoms with Crippen molar-refractivity contribution >= 4 is 0 Å². The van der Waals surface area contributed by atoms with Gasteiger partial charge in [-0.2, -0.15) is 0 Å². The number of nitrogens with zero attached hydrogens (tertiary/aromatic N) is 1. The van der Waals surface area contributed by atoms with Gasteiger partial charge < -0.3 is 14.7 Å². The van der Waals surface area contributed by atoms with E-state index in [0.29, 0.717) is 19.1 Å². The Hall–Kier alpha value is -1.50. The Morgan fingerprint density at radius 2 is 1.86 bits per heavy atom. The molecule has 0 fully saturated rings. The molecule has 0 saturated carbocycles. The van der Waals surface area contributed by atoms with E-state index >= 15 is 0 Å². The van der Waals surface area contributed by atoms with E-state index in [4.69, 9.17) is 9.84 Å². The number of aliphatic hydroxyl groups is 1. The predicted octanol–water partition coefficient (Wildman–Crippen LogP) is 2.92. The molecule has 0 aromatic heterocycles. The van der Waals surface area contributed by atoms with Gasteiger partial charge in [0.25, 0.3) is 0 Å².